The van der Waals surface area contributed by atoms with Gasteiger partial charge in [-0.2, -0.15) is 5.10 Å². The SMILES string of the molecule is CCc1ccc(C(N)Cc2ccn(C(C)CC)n2)s1. The Morgan fingerprint density at radius 1 is 1.32 bits per heavy atom. The molecule has 2 aromatic rings. The molecule has 2 atom stereocenters. The van der Waals surface area contributed by atoms with Crippen molar-refractivity contribution in [3.63, 3.8) is 0 Å². The van der Waals surface area contributed by atoms with E-state index in [0.717, 1.165) is 25.0 Å². The van der Waals surface area contributed by atoms with Crippen molar-refractivity contribution in [2.45, 2.75) is 52.1 Å². The maximum Gasteiger partial charge on any atom is 0.0643 e. The third kappa shape index (κ3) is 3.45. The molecule has 0 aromatic carbocycles. The normalized spacial score (nSPS) is 14.5. The summed E-state index contributed by atoms with van der Waals surface area (Å²) in [4.78, 5) is 2.66. The number of nitrogens with two attached hydrogens (primary N) is 1. The van der Waals surface area contributed by atoms with Crippen molar-refractivity contribution in [3.8, 4) is 0 Å². The van der Waals surface area contributed by atoms with Gasteiger partial charge in [0.15, 0.2) is 0 Å². The first-order valence-corrected chi connectivity index (χ1v) is 7.83. The first kappa shape index (κ1) is 14.3. The first-order valence-electron chi connectivity index (χ1n) is 7.02. The maximum absolute atomic E-state index is 6.27. The topological polar surface area (TPSA) is 43.8 Å². The van der Waals surface area contributed by atoms with E-state index in [4.69, 9.17) is 5.73 Å². The second-order valence-electron chi connectivity index (χ2n) is 5.01. The van der Waals surface area contributed by atoms with Crippen molar-refractivity contribution < 1.29 is 0 Å². The molecule has 4 heteroatoms. The largest absolute Gasteiger partial charge is 0.323 e. The van der Waals surface area contributed by atoms with E-state index in [2.05, 4.69) is 50.3 Å². The lowest BCUT2D eigenvalue weighted by molar-refractivity contribution is 0.472. The second-order valence-corrected chi connectivity index (χ2v) is 6.21. The van der Waals surface area contributed by atoms with Crippen LogP contribution in [-0.4, -0.2) is 9.78 Å². The minimum Gasteiger partial charge on any atom is -0.323 e. The zero-order valence-electron chi connectivity index (χ0n) is 12.0. The average molecular weight is 277 g/mol. The lowest BCUT2D eigenvalue weighted by atomic mass is 10.1. The van der Waals surface area contributed by atoms with E-state index in [0.29, 0.717) is 6.04 Å². The van der Waals surface area contributed by atoms with Gasteiger partial charge in [-0.3, -0.25) is 4.68 Å². The van der Waals surface area contributed by atoms with Gasteiger partial charge < -0.3 is 5.73 Å². The molecule has 2 N–H and O–H groups in total. The van der Waals surface area contributed by atoms with Gasteiger partial charge in [-0.05, 0) is 38.0 Å². The molecule has 19 heavy (non-hydrogen) atoms. The summed E-state index contributed by atoms with van der Waals surface area (Å²) in [5.74, 6) is 0. The van der Waals surface area contributed by atoms with Gasteiger partial charge in [-0.15, -0.1) is 11.3 Å². The molecular formula is C15H23N3S. The van der Waals surface area contributed by atoms with E-state index in [9.17, 15) is 0 Å². The van der Waals surface area contributed by atoms with Crippen LogP contribution in [0.15, 0.2) is 24.4 Å². The number of hydrogen-bond acceptors (Lipinski definition) is 3. The Labute approximate surface area is 119 Å². The van der Waals surface area contributed by atoms with Crippen LogP contribution < -0.4 is 5.73 Å². The summed E-state index contributed by atoms with van der Waals surface area (Å²) in [5, 5.41) is 4.61. The van der Waals surface area contributed by atoms with E-state index in [-0.39, 0.29) is 6.04 Å². The zero-order valence-corrected chi connectivity index (χ0v) is 12.8. The highest BCUT2D eigenvalue weighted by Crippen LogP contribution is 2.24. The molecule has 2 aromatic heterocycles. The molecule has 0 aliphatic carbocycles. The Morgan fingerprint density at radius 2 is 2.11 bits per heavy atom. The summed E-state index contributed by atoms with van der Waals surface area (Å²) < 4.78 is 2.04. The zero-order chi connectivity index (χ0) is 13.8. The summed E-state index contributed by atoms with van der Waals surface area (Å²) in [7, 11) is 0. The summed E-state index contributed by atoms with van der Waals surface area (Å²) in [6, 6.07) is 6.93. The molecular weight excluding hydrogens is 254 g/mol. The number of rotatable bonds is 6. The van der Waals surface area contributed by atoms with E-state index >= 15 is 0 Å². The highest BCUT2D eigenvalue weighted by atomic mass is 32.1. The van der Waals surface area contributed by atoms with Gasteiger partial charge in [0.2, 0.25) is 0 Å². The molecule has 2 unspecified atom stereocenters. The van der Waals surface area contributed by atoms with Gasteiger partial charge >= 0.3 is 0 Å². The predicted octanol–water partition coefficient (Wildman–Crippen LogP) is 3.72. The Bertz CT molecular complexity index is 515. The maximum atomic E-state index is 6.27. The average Bonchev–Trinajstić information content (AvgIpc) is 3.06. The van der Waals surface area contributed by atoms with Crippen molar-refractivity contribution in [1.82, 2.24) is 9.78 Å². The fourth-order valence-corrected chi connectivity index (χ4v) is 2.98. The van der Waals surface area contributed by atoms with Crippen molar-refractivity contribution in [1.29, 1.82) is 0 Å². The monoisotopic (exact) mass is 277 g/mol. The van der Waals surface area contributed by atoms with Crippen LogP contribution in [0.1, 0.15) is 54.7 Å². The van der Waals surface area contributed by atoms with Crippen LogP contribution >= 0.6 is 11.3 Å². The van der Waals surface area contributed by atoms with Crippen LogP contribution in [0.5, 0.6) is 0 Å². The van der Waals surface area contributed by atoms with Gasteiger partial charge in [0.1, 0.15) is 0 Å². The Kier molecular flexibility index (Phi) is 4.77. The molecule has 0 radical (unpaired) electrons. The second kappa shape index (κ2) is 6.35. The fourth-order valence-electron chi connectivity index (χ4n) is 2.03. The summed E-state index contributed by atoms with van der Waals surface area (Å²) in [6.45, 7) is 6.54. The van der Waals surface area contributed by atoms with Crippen LogP contribution in [0, 0.1) is 0 Å². The number of aryl methyl sites for hydroxylation is 1. The first-order chi connectivity index (χ1) is 9.13. The minimum absolute atomic E-state index is 0.0607. The van der Waals surface area contributed by atoms with Gasteiger partial charge in [-0.25, -0.2) is 0 Å². The molecule has 0 spiro atoms. The van der Waals surface area contributed by atoms with Crippen LogP contribution in [0.4, 0.5) is 0 Å². The molecule has 2 heterocycles. The van der Waals surface area contributed by atoms with Crippen molar-refractivity contribution in [2.24, 2.45) is 5.73 Å². The summed E-state index contributed by atoms with van der Waals surface area (Å²) in [6.07, 6.45) is 5.05. The Morgan fingerprint density at radius 3 is 2.74 bits per heavy atom. The highest BCUT2D eigenvalue weighted by Gasteiger charge is 2.12. The van der Waals surface area contributed by atoms with Crippen molar-refractivity contribution in [3.05, 3.63) is 39.8 Å². The molecule has 0 bridgehead atoms. The predicted molar refractivity (Wildman–Crippen MR) is 81.6 cm³/mol. The van der Waals surface area contributed by atoms with E-state index in [1.54, 1.807) is 0 Å². The number of thiophene rings is 1. The Hall–Kier alpha value is -1.13. The summed E-state index contributed by atoms with van der Waals surface area (Å²) in [5.41, 5.74) is 7.36. The molecule has 2 rings (SSSR count). The quantitative estimate of drug-likeness (QED) is 0.874. The molecule has 0 aliphatic rings. The lowest BCUT2D eigenvalue weighted by Crippen LogP contribution is -2.13. The van der Waals surface area contributed by atoms with Crippen LogP contribution in [0.3, 0.4) is 0 Å². The van der Waals surface area contributed by atoms with Gasteiger partial charge in [0.05, 0.1) is 5.69 Å². The third-order valence-corrected chi connectivity index (χ3v) is 4.89. The van der Waals surface area contributed by atoms with Gasteiger partial charge in [0, 0.05) is 34.5 Å². The van der Waals surface area contributed by atoms with Crippen molar-refractivity contribution >= 4 is 11.3 Å². The van der Waals surface area contributed by atoms with Gasteiger partial charge in [-0.1, -0.05) is 13.8 Å². The lowest BCUT2D eigenvalue weighted by Gasteiger charge is -2.09. The van der Waals surface area contributed by atoms with E-state index < -0.39 is 0 Å². The highest BCUT2D eigenvalue weighted by molar-refractivity contribution is 7.12. The molecule has 0 amide bonds. The Balaban J connectivity index is 2.02. The fraction of sp³-hybridized carbons (Fsp3) is 0.533. The molecule has 3 nitrogen and oxygen atoms in total. The minimum atomic E-state index is 0.0607. The van der Waals surface area contributed by atoms with Gasteiger partial charge in [0.25, 0.3) is 0 Å². The van der Waals surface area contributed by atoms with Crippen LogP contribution in [0.25, 0.3) is 0 Å². The van der Waals surface area contributed by atoms with E-state index in [1.807, 2.05) is 16.0 Å². The number of aromatic nitrogens is 2. The molecule has 104 valence electrons. The molecule has 0 fully saturated rings. The smallest absolute Gasteiger partial charge is 0.0643 e. The molecule has 0 aliphatic heterocycles. The molecule has 0 saturated carbocycles. The molecule has 0 saturated heterocycles. The van der Waals surface area contributed by atoms with E-state index in [1.165, 1.54) is 9.75 Å². The third-order valence-electron chi connectivity index (χ3n) is 3.53. The summed E-state index contributed by atoms with van der Waals surface area (Å²) >= 11 is 1.82. The standard InChI is InChI=1S/C15H23N3S/c1-4-11(3)18-9-8-12(17-18)10-14(16)15-7-6-13(5-2)19-15/h6-9,11,14H,4-5,10,16H2,1-3H3. The van der Waals surface area contributed by atoms with Crippen LogP contribution in [0.2, 0.25) is 0 Å². The van der Waals surface area contributed by atoms with Crippen molar-refractivity contribution in [2.75, 3.05) is 0 Å². The number of nitrogens with zero attached hydrogens (tertiary/aromatic N) is 2. The number of hydrogen-bond donors (Lipinski definition) is 1. The van der Waals surface area contributed by atoms with Crippen LogP contribution in [-0.2, 0) is 12.8 Å².